The number of hydrogen-bond acceptors (Lipinski definition) is 2. The van der Waals surface area contributed by atoms with Gasteiger partial charge in [0, 0.05) is 29.7 Å². The molecule has 2 nitrogen and oxygen atoms in total. The highest BCUT2D eigenvalue weighted by atomic mass is 35.5. The van der Waals surface area contributed by atoms with Crippen molar-refractivity contribution < 1.29 is 0 Å². The molecule has 0 bridgehead atoms. The average Bonchev–Trinajstić information content (AvgIpc) is 2.75. The van der Waals surface area contributed by atoms with Gasteiger partial charge in [-0.05, 0) is 55.1 Å². The third kappa shape index (κ3) is 2.67. The maximum atomic E-state index is 5.98. The third-order valence-electron chi connectivity index (χ3n) is 4.19. The molecule has 0 spiro atoms. The first-order chi connectivity index (χ1) is 8.63. The summed E-state index contributed by atoms with van der Waals surface area (Å²) in [6, 6.07) is 5.72. The van der Waals surface area contributed by atoms with Crippen LogP contribution in [0.1, 0.15) is 5.56 Å². The van der Waals surface area contributed by atoms with Gasteiger partial charge in [-0.2, -0.15) is 0 Å². The second-order valence-electron chi connectivity index (χ2n) is 5.62. The van der Waals surface area contributed by atoms with Crippen LogP contribution in [-0.4, -0.2) is 31.6 Å². The summed E-state index contributed by atoms with van der Waals surface area (Å²) in [5.74, 6) is 2.76. The zero-order valence-corrected chi connectivity index (χ0v) is 12.0. The second kappa shape index (κ2) is 5.01. The molecule has 1 heterocycles. The van der Waals surface area contributed by atoms with Crippen LogP contribution in [0.2, 0.25) is 10.0 Å². The van der Waals surface area contributed by atoms with Gasteiger partial charge in [0.25, 0.3) is 0 Å². The van der Waals surface area contributed by atoms with Crippen LogP contribution in [-0.2, 0) is 6.54 Å². The van der Waals surface area contributed by atoms with E-state index in [0.717, 1.165) is 36.4 Å². The van der Waals surface area contributed by atoms with E-state index < -0.39 is 0 Å². The summed E-state index contributed by atoms with van der Waals surface area (Å²) in [6.07, 6.45) is 0. The normalized spacial score (nSPS) is 30.5. The van der Waals surface area contributed by atoms with E-state index in [0.29, 0.717) is 10.0 Å². The fraction of sp³-hybridized carbons (Fsp3) is 0.571. The van der Waals surface area contributed by atoms with Gasteiger partial charge in [0.15, 0.2) is 0 Å². The van der Waals surface area contributed by atoms with E-state index >= 15 is 0 Å². The smallest absolute Gasteiger partial charge is 0.0424 e. The molecule has 1 aliphatic carbocycles. The van der Waals surface area contributed by atoms with E-state index in [1.54, 1.807) is 6.07 Å². The van der Waals surface area contributed by atoms with Crippen LogP contribution in [0.15, 0.2) is 18.2 Å². The Labute approximate surface area is 118 Å². The molecule has 0 radical (unpaired) electrons. The van der Waals surface area contributed by atoms with E-state index in [4.69, 9.17) is 23.2 Å². The molecule has 1 N–H and O–H groups in total. The fourth-order valence-corrected chi connectivity index (χ4v) is 3.83. The Morgan fingerprint density at radius 1 is 1.17 bits per heavy atom. The predicted octanol–water partition coefficient (Wildman–Crippen LogP) is 2.89. The molecular formula is C14H18Cl2N2. The van der Waals surface area contributed by atoms with Gasteiger partial charge >= 0.3 is 0 Å². The molecule has 1 saturated heterocycles. The maximum absolute atomic E-state index is 5.98. The second-order valence-corrected chi connectivity index (χ2v) is 6.49. The monoisotopic (exact) mass is 284 g/mol. The molecule has 0 aromatic heterocycles. The standard InChI is InChI=1S/C14H18Cl2N2/c1-18-7-13-12(14(13)8-18)6-17-5-9-2-10(15)4-11(16)3-9/h2-4,12-14,17H,5-8H2,1H3. The van der Waals surface area contributed by atoms with Gasteiger partial charge in [-0.15, -0.1) is 0 Å². The summed E-state index contributed by atoms with van der Waals surface area (Å²) >= 11 is 12.0. The zero-order chi connectivity index (χ0) is 12.7. The molecule has 1 aliphatic heterocycles. The van der Waals surface area contributed by atoms with Crippen molar-refractivity contribution in [2.24, 2.45) is 17.8 Å². The summed E-state index contributed by atoms with van der Waals surface area (Å²) in [4.78, 5) is 2.43. The van der Waals surface area contributed by atoms with E-state index in [2.05, 4.69) is 17.3 Å². The fourth-order valence-electron chi connectivity index (χ4n) is 3.26. The molecule has 98 valence electrons. The molecular weight excluding hydrogens is 267 g/mol. The van der Waals surface area contributed by atoms with Crippen molar-refractivity contribution in [1.29, 1.82) is 0 Å². The lowest BCUT2D eigenvalue weighted by atomic mass is 10.2. The van der Waals surface area contributed by atoms with Gasteiger partial charge in [0.05, 0.1) is 0 Å². The van der Waals surface area contributed by atoms with Crippen LogP contribution >= 0.6 is 23.2 Å². The number of halogens is 2. The summed E-state index contributed by atoms with van der Waals surface area (Å²) in [6.45, 7) is 4.53. The third-order valence-corrected chi connectivity index (χ3v) is 4.62. The first-order valence-electron chi connectivity index (χ1n) is 6.48. The SMILES string of the molecule is CN1CC2C(CNCc3cc(Cl)cc(Cl)c3)C2C1. The minimum Gasteiger partial charge on any atom is -0.312 e. The number of nitrogens with one attached hydrogen (secondary N) is 1. The molecule has 0 amide bonds. The lowest BCUT2D eigenvalue weighted by molar-refractivity contribution is 0.339. The highest BCUT2D eigenvalue weighted by molar-refractivity contribution is 6.34. The first-order valence-corrected chi connectivity index (χ1v) is 7.23. The molecule has 2 unspecified atom stereocenters. The van der Waals surface area contributed by atoms with Gasteiger partial charge in [-0.1, -0.05) is 23.2 Å². The van der Waals surface area contributed by atoms with Crippen molar-refractivity contribution >= 4 is 23.2 Å². The Hall–Kier alpha value is -0.280. The van der Waals surface area contributed by atoms with Crippen LogP contribution in [0, 0.1) is 17.8 Å². The number of nitrogens with zero attached hydrogens (tertiary/aromatic N) is 1. The molecule has 18 heavy (non-hydrogen) atoms. The first kappa shape index (κ1) is 12.7. The van der Waals surface area contributed by atoms with Gasteiger partial charge < -0.3 is 10.2 Å². The highest BCUT2D eigenvalue weighted by Gasteiger charge is 2.53. The number of likely N-dealkylation sites (tertiary alicyclic amines) is 1. The molecule has 1 aromatic rings. The van der Waals surface area contributed by atoms with E-state index in [1.165, 1.54) is 13.1 Å². The lowest BCUT2D eigenvalue weighted by Crippen LogP contribution is -2.24. The van der Waals surface area contributed by atoms with Crippen molar-refractivity contribution in [2.75, 3.05) is 26.7 Å². The predicted molar refractivity (Wildman–Crippen MR) is 76.1 cm³/mol. The molecule has 2 fully saturated rings. The van der Waals surface area contributed by atoms with Crippen molar-refractivity contribution in [1.82, 2.24) is 10.2 Å². The summed E-state index contributed by atoms with van der Waals surface area (Å²) < 4.78 is 0. The molecule has 1 saturated carbocycles. The molecule has 1 aromatic carbocycles. The number of piperidine rings is 1. The zero-order valence-electron chi connectivity index (χ0n) is 10.5. The van der Waals surface area contributed by atoms with Crippen LogP contribution in [0.25, 0.3) is 0 Å². The highest BCUT2D eigenvalue weighted by Crippen LogP contribution is 2.50. The summed E-state index contributed by atoms with van der Waals surface area (Å²) in [5, 5.41) is 4.95. The van der Waals surface area contributed by atoms with Gasteiger partial charge in [-0.25, -0.2) is 0 Å². The van der Waals surface area contributed by atoms with E-state index in [9.17, 15) is 0 Å². The maximum Gasteiger partial charge on any atom is 0.0424 e. The Bertz CT molecular complexity index is 417. The van der Waals surface area contributed by atoms with E-state index in [-0.39, 0.29) is 0 Å². The Morgan fingerprint density at radius 3 is 2.39 bits per heavy atom. The number of hydrogen-bond donors (Lipinski definition) is 1. The molecule has 2 atom stereocenters. The number of rotatable bonds is 4. The number of benzene rings is 1. The Balaban J connectivity index is 1.45. The minimum absolute atomic E-state index is 0.712. The number of fused-ring (bicyclic) bond motifs is 1. The van der Waals surface area contributed by atoms with Crippen molar-refractivity contribution in [3.63, 3.8) is 0 Å². The van der Waals surface area contributed by atoms with Crippen LogP contribution < -0.4 is 5.32 Å². The van der Waals surface area contributed by atoms with Crippen molar-refractivity contribution in [3.05, 3.63) is 33.8 Å². The van der Waals surface area contributed by atoms with Gasteiger partial charge in [-0.3, -0.25) is 0 Å². The van der Waals surface area contributed by atoms with Crippen LogP contribution in [0.3, 0.4) is 0 Å². The quantitative estimate of drug-likeness (QED) is 0.915. The van der Waals surface area contributed by atoms with Crippen LogP contribution in [0.5, 0.6) is 0 Å². The Kier molecular flexibility index (Phi) is 3.55. The van der Waals surface area contributed by atoms with E-state index in [1.807, 2.05) is 12.1 Å². The Morgan fingerprint density at radius 2 is 1.78 bits per heavy atom. The average molecular weight is 285 g/mol. The van der Waals surface area contributed by atoms with Crippen molar-refractivity contribution in [2.45, 2.75) is 6.54 Å². The van der Waals surface area contributed by atoms with Gasteiger partial charge in [0.1, 0.15) is 0 Å². The topological polar surface area (TPSA) is 15.3 Å². The van der Waals surface area contributed by atoms with Crippen LogP contribution in [0.4, 0.5) is 0 Å². The summed E-state index contributed by atoms with van der Waals surface area (Å²) in [5.41, 5.74) is 1.16. The molecule has 2 aliphatic rings. The van der Waals surface area contributed by atoms with Crippen molar-refractivity contribution in [3.8, 4) is 0 Å². The van der Waals surface area contributed by atoms with Gasteiger partial charge in [0.2, 0.25) is 0 Å². The lowest BCUT2D eigenvalue weighted by Gasteiger charge is -2.13. The largest absolute Gasteiger partial charge is 0.312 e. The molecule has 4 heteroatoms. The molecule has 3 rings (SSSR count). The summed E-state index contributed by atoms with van der Waals surface area (Å²) in [7, 11) is 2.21. The minimum atomic E-state index is 0.712.